The molecular formula is C10H7ClO4. The summed E-state index contributed by atoms with van der Waals surface area (Å²) in [6, 6.07) is 6.46. The minimum Gasteiger partial charge on any atom is -0.478 e. The van der Waals surface area contributed by atoms with Gasteiger partial charge in [-0.25, -0.2) is 9.59 Å². The Labute approximate surface area is 90.7 Å². The van der Waals surface area contributed by atoms with Gasteiger partial charge in [-0.05, 0) is 12.1 Å². The van der Waals surface area contributed by atoms with Crippen molar-refractivity contribution >= 4 is 29.1 Å². The van der Waals surface area contributed by atoms with Crippen molar-refractivity contribution in [1.29, 1.82) is 0 Å². The summed E-state index contributed by atoms with van der Waals surface area (Å²) in [6.45, 7) is 0. The second-order valence-corrected chi connectivity index (χ2v) is 2.86. The first-order valence-electron chi connectivity index (χ1n) is 3.97. The van der Waals surface area contributed by atoms with Crippen LogP contribution in [0.4, 0.5) is 4.79 Å². The molecule has 1 N–H and O–H groups in total. The third kappa shape index (κ3) is 3.83. The van der Waals surface area contributed by atoms with Crippen molar-refractivity contribution in [3.63, 3.8) is 0 Å². The van der Waals surface area contributed by atoms with Crippen molar-refractivity contribution in [2.75, 3.05) is 0 Å². The van der Waals surface area contributed by atoms with Gasteiger partial charge >= 0.3 is 11.4 Å². The highest BCUT2D eigenvalue weighted by molar-refractivity contribution is 6.61. The van der Waals surface area contributed by atoms with Crippen molar-refractivity contribution in [2.45, 2.75) is 0 Å². The number of para-hydroxylation sites is 1. The standard InChI is InChI=1S/C10H7ClO4/c11-10(14)15-8-4-2-1-3-7(8)5-6-9(12)13/h1-6H,(H,12,13). The number of carboxylic acid groups (broad SMARTS) is 1. The van der Waals surface area contributed by atoms with Crippen LogP contribution >= 0.6 is 11.6 Å². The molecule has 0 atom stereocenters. The average molecular weight is 227 g/mol. The third-order valence-corrected chi connectivity index (χ3v) is 1.59. The fourth-order valence-corrected chi connectivity index (χ4v) is 1.04. The lowest BCUT2D eigenvalue weighted by atomic mass is 10.2. The number of rotatable bonds is 3. The van der Waals surface area contributed by atoms with E-state index in [0.29, 0.717) is 5.56 Å². The maximum absolute atomic E-state index is 10.5. The molecule has 0 spiro atoms. The van der Waals surface area contributed by atoms with Gasteiger partial charge in [0.05, 0.1) is 0 Å². The summed E-state index contributed by atoms with van der Waals surface area (Å²) in [6.07, 6.45) is 2.26. The Morgan fingerprint density at radius 3 is 2.60 bits per heavy atom. The van der Waals surface area contributed by atoms with E-state index in [2.05, 4.69) is 4.74 Å². The third-order valence-electron chi connectivity index (χ3n) is 1.51. The van der Waals surface area contributed by atoms with Gasteiger partial charge in [-0.3, -0.25) is 0 Å². The molecule has 78 valence electrons. The maximum atomic E-state index is 10.5. The molecule has 0 aliphatic rings. The number of halogens is 1. The summed E-state index contributed by atoms with van der Waals surface area (Å²) >= 11 is 5.05. The number of benzene rings is 1. The van der Waals surface area contributed by atoms with Gasteiger partial charge in [0.15, 0.2) is 0 Å². The molecule has 0 bridgehead atoms. The van der Waals surface area contributed by atoms with E-state index in [1.165, 1.54) is 12.1 Å². The van der Waals surface area contributed by atoms with Crippen LogP contribution in [0, 0.1) is 0 Å². The predicted molar refractivity (Wildman–Crippen MR) is 55.0 cm³/mol. The average Bonchev–Trinajstić information content (AvgIpc) is 2.15. The summed E-state index contributed by atoms with van der Waals surface area (Å²) in [5, 5.41) is 8.43. The first-order valence-corrected chi connectivity index (χ1v) is 4.35. The van der Waals surface area contributed by atoms with Crippen LogP contribution in [0.3, 0.4) is 0 Å². The minimum atomic E-state index is -1.08. The molecule has 0 unspecified atom stereocenters. The quantitative estimate of drug-likeness (QED) is 0.635. The van der Waals surface area contributed by atoms with E-state index in [1.54, 1.807) is 18.2 Å². The molecule has 0 aliphatic carbocycles. The van der Waals surface area contributed by atoms with Gasteiger partial charge in [0.2, 0.25) is 0 Å². The van der Waals surface area contributed by atoms with Gasteiger partial charge in [0.1, 0.15) is 5.75 Å². The van der Waals surface area contributed by atoms with Gasteiger partial charge in [0, 0.05) is 23.2 Å². The van der Waals surface area contributed by atoms with Crippen molar-refractivity contribution in [3.05, 3.63) is 35.9 Å². The molecule has 1 aromatic carbocycles. The Morgan fingerprint density at radius 2 is 2.00 bits per heavy atom. The van der Waals surface area contributed by atoms with Crippen LogP contribution < -0.4 is 4.74 Å². The summed E-state index contributed by atoms with van der Waals surface area (Å²) in [7, 11) is 0. The fraction of sp³-hybridized carbons (Fsp3) is 0. The SMILES string of the molecule is O=C(O)C=Cc1ccccc1OC(=O)Cl. The highest BCUT2D eigenvalue weighted by Crippen LogP contribution is 2.20. The van der Waals surface area contributed by atoms with Gasteiger partial charge < -0.3 is 9.84 Å². The van der Waals surface area contributed by atoms with Gasteiger partial charge in [-0.1, -0.05) is 18.2 Å². The van der Waals surface area contributed by atoms with Crippen LogP contribution in [0.1, 0.15) is 5.56 Å². The van der Waals surface area contributed by atoms with Crippen molar-refractivity contribution in [2.24, 2.45) is 0 Å². The maximum Gasteiger partial charge on any atom is 0.409 e. The molecular weight excluding hydrogens is 220 g/mol. The number of carbonyl (C=O) groups is 2. The van der Waals surface area contributed by atoms with Crippen LogP contribution in [0.2, 0.25) is 0 Å². The van der Waals surface area contributed by atoms with Crippen LogP contribution in [0.15, 0.2) is 30.3 Å². The zero-order valence-electron chi connectivity index (χ0n) is 7.51. The highest BCUT2D eigenvalue weighted by Gasteiger charge is 2.03. The van der Waals surface area contributed by atoms with E-state index in [1.807, 2.05) is 0 Å². The molecule has 0 aromatic heterocycles. The molecule has 4 nitrogen and oxygen atoms in total. The van der Waals surface area contributed by atoms with E-state index in [4.69, 9.17) is 16.7 Å². The van der Waals surface area contributed by atoms with Crippen molar-refractivity contribution < 1.29 is 19.4 Å². The van der Waals surface area contributed by atoms with E-state index in [9.17, 15) is 9.59 Å². The molecule has 0 saturated carbocycles. The number of ether oxygens (including phenoxy) is 1. The lowest BCUT2D eigenvalue weighted by molar-refractivity contribution is -0.131. The van der Waals surface area contributed by atoms with Crippen LogP contribution in [-0.4, -0.2) is 16.5 Å². The Bertz CT molecular complexity index is 412. The second kappa shape index (κ2) is 5.17. The number of hydrogen-bond donors (Lipinski definition) is 1. The summed E-state index contributed by atoms with van der Waals surface area (Å²) < 4.78 is 4.66. The Balaban J connectivity index is 2.95. The number of carboxylic acids is 1. The van der Waals surface area contributed by atoms with Crippen molar-refractivity contribution in [3.8, 4) is 5.75 Å². The Kier molecular flexibility index (Phi) is 3.88. The Hall–Kier alpha value is -1.81. The van der Waals surface area contributed by atoms with Crippen molar-refractivity contribution in [1.82, 2.24) is 0 Å². The van der Waals surface area contributed by atoms with Gasteiger partial charge in [0.25, 0.3) is 0 Å². The first kappa shape index (κ1) is 11.3. The molecule has 0 saturated heterocycles. The smallest absolute Gasteiger partial charge is 0.409 e. The molecule has 0 heterocycles. The number of aliphatic carboxylic acids is 1. The molecule has 0 amide bonds. The largest absolute Gasteiger partial charge is 0.478 e. The second-order valence-electron chi connectivity index (χ2n) is 2.55. The zero-order valence-corrected chi connectivity index (χ0v) is 8.27. The van der Waals surface area contributed by atoms with Gasteiger partial charge in [-0.2, -0.15) is 0 Å². The monoisotopic (exact) mass is 226 g/mol. The predicted octanol–water partition coefficient (Wildman–Crippen LogP) is 2.52. The summed E-state index contributed by atoms with van der Waals surface area (Å²) in [5.41, 5.74) is -0.500. The fourth-order valence-electron chi connectivity index (χ4n) is 0.959. The van der Waals surface area contributed by atoms with Gasteiger partial charge in [-0.15, -0.1) is 0 Å². The molecule has 15 heavy (non-hydrogen) atoms. The van der Waals surface area contributed by atoms with Crippen LogP contribution in [-0.2, 0) is 4.79 Å². The molecule has 0 radical (unpaired) electrons. The molecule has 0 fully saturated rings. The molecule has 1 aromatic rings. The zero-order chi connectivity index (χ0) is 11.3. The van der Waals surface area contributed by atoms with Crippen LogP contribution in [0.25, 0.3) is 6.08 Å². The molecule has 0 aliphatic heterocycles. The van der Waals surface area contributed by atoms with E-state index < -0.39 is 11.4 Å². The number of carbonyl (C=O) groups excluding carboxylic acids is 1. The normalized spacial score (nSPS) is 10.2. The highest BCUT2D eigenvalue weighted by atomic mass is 35.5. The summed E-state index contributed by atoms with van der Waals surface area (Å²) in [4.78, 5) is 20.8. The number of hydrogen-bond acceptors (Lipinski definition) is 3. The van der Waals surface area contributed by atoms with E-state index in [-0.39, 0.29) is 5.75 Å². The minimum absolute atomic E-state index is 0.218. The Morgan fingerprint density at radius 1 is 1.33 bits per heavy atom. The lowest BCUT2D eigenvalue weighted by Crippen LogP contribution is -1.97. The van der Waals surface area contributed by atoms with E-state index >= 15 is 0 Å². The molecule has 1 rings (SSSR count). The lowest BCUT2D eigenvalue weighted by Gasteiger charge is -2.02. The van der Waals surface area contributed by atoms with E-state index in [0.717, 1.165) is 6.08 Å². The first-order chi connectivity index (χ1) is 7.09. The topological polar surface area (TPSA) is 63.6 Å². The van der Waals surface area contributed by atoms with Crippen LogP contribution in [0.5, 0.6) is 5.75 Å². The molecule has 5 heteroatoms. The summed E-state index contributed by atoms with van der Waals surface area (Å²) in [5.74, 6) is -0.864.